The normalized spacial score (nSPS) is 11.1. The van der Waals surface area contributed by atoms with Gasteiger partial charge in [-0.25, -0.2) is 0 Å². The van der Waals surface area contributed by atoms with Gasteiger partial charge in [0.05, 0.1) is 17.6 Å². The van der Waals surface area contributed by atoms with Gasteiger partial charge in [0.15, 0.2) is 0 Å². The molecule has 0 aromatic heterocycles. The molecule has 0 unspecified atom stereocenters. The molecule has 22 heavy (non-hydrogen) atoms. The minimum absolute atomic E-state index is 0.0718. The van der Waals surface area contributed by atoms with Gasteiger partial charge in [0.2, 0.25) is 0 Å². The van der Waals surface area contributed by atoms with Gasteiger partial charge in [-0.3, -0.25) is 9.59 Å². The summed E-state index contributed by atoms with van der Waals surface area (Å²) in [7, 11) is 0. The summed E-state index contributed by atoms with van der Waals surface area (Å²) in [4.78, 5) is 23.8. The van der Waals surface area contributed by atoms with Gasteiger partial charge < -0.3 is 15.2 Å². The lowest BCUT2D eigenvalue weighted by atomic mass is 9.82. The second-order valence-corrected chi connectivity index (χ2v) is 5.49. The van der Waals surface area contributed by atoms with E-state index in [0.29, 0.717) is 35.8 Å². The maximum absolute atomic E-state index is 12.3. The van der Waals surface area contributed by atoms with Gasteiger partial charge in [0, 0.05) is 11.6 Å². The van der Waals surface area contributed by atoms with E-state index in [1.807, 2.05) is 6.92 Å². The molecule has 0 saturated carbocycles. The fourth-order valence-corrected chi connectivity index (χ4v) is 2.34. The van der Waals surface area contributed by atoms with Crippen LogP contribution in [-0.2, 0) is 4.79 Å². The first-order chi connectivity index (χ1) is 10.4. The molecule has 6 heteroatoms. The largest absolute Gasteiger partial charge is 0.493 e. The number of amides is 1. The lowest BCUT2D eigenvalue weighted by Crippen LogP contribution is -2.42. The van der Waals surface area contributed by atoms with Crippen molar-refractivity contribution >= 4 is 23.5 Å². The zero-order valence-corrected chi connectivity index (χ0v) is 13.9. The molecule has 0 saturated heterocycles. The van der Waals surface area contributed by atoms with Crippen LogP contribution in [0.3, 0.4) is 0 Å². The van der Waals surface area contributed by atoms with Crippen molar-refractivity contribution in [2.75, 3.05) is 13.2 Å². The summed E-state index contributed by atoms with van der Waals surface area (Å²) in [6, 6.07) is 4.75. The zero-order valence-electron chi connectivity index (χ0n) is 13.1. The van der Waals surface area contributed by atoms with E-state index >= 15 is 0 Å². The average molecular weight is 328 g/mol. The number of halogens is 1. The highest BCUT2D eigenvalue weighted by Gasteiger charge is 2.35. The molecule has 0 radical (unpaired) electrons. The Kier molecular flexibility index (Phi) is 6.68. The summed E-state index contributed by atoms with van der Waals surface area (Å²) in [5, 5.41) is 12.6. The molecule has 0 heterocycles. The van der Waals surface area contributed by atoms with E-state index in [1.54, 1.807) is 32.0 Å². The average Bonchev–Trinajstić information content (AvgIpc) is 2.48. The van der Waals surface area contributed by atoms with Crippen LogP contribution in [0.25, 0.3) is 0 Å². The third kappa shape index (κ3) is 4.13. The van der Waals surface area contributed by atoms with Crippen LogP contribution in [0.2, 0.25) is 5.02 Å². The van der Waals surface area contributed by atoms with Crippen molar-refractivity contribution in [3.05, 3.63) is 28.8 Å². The molecule has 122 valence electrons. The molecule has 0 atom stereocenters. The van der Waals surface area contributed by atoms with Gasteiger partial charge >= 0.3 is 5.97 Å². The number of carbonyl (C=O) groups is 2. The molecular formula is C16H22ClNO4. The van der Waals surface area contributed by atoms with E-state index < -0.39 is 11.4 Å². The van der Waals surface area contributed by atoms with Crippen LogP contribution in [0, 0.1) is 5.41 Å². The van der Waals surface area contributed by atoms with Crippen molar-refractivity contribution in [3.63, 3.8) is 0 Å². The van der Waals surface area contributed by atoms with Crippen molar-refractivity contribution in [1.29, 1.82) is 0 Å². The number of hydrogen-bond donors (Lipinski definition) is 2. The standard InChI is InChI=1S/C16H22ClNO4/c1-4-16(5-2,15(20)21)10-18-14(19)12-8-7-11(17)9-13(12)22-6-3/h7-9H,4-6,10H2,1-3H3,(H,18,19)(H,20,21). The van der Waals surface area contributed by atoms with Crippen LogP contribution >= 0.6 is 11.6 Å². The van der Waals surface area contributed by atoms with E-state index in [9.17, 15) is 14.7 Å². The number of benzene rings is 1. The van der Waals surface area contributed by atoms with Gasteiger partial charge in [0.25, 0.3) is 5.91 Å². The Bertz CT molecular complexity index is 541. The van der Waals surface area contributed by atoms with Crippen molar-refractivity contribution in [2.24, 2.45) is 5.41 Å². The highest BCUT2D eigenvalue weighted by atomic mass is 35.5. The molecule has 5 nitrogen and oxygen atoms in total. The molecule has 0 aliphatic carbocycles. The Morgan fingerprint density at radius 1 is 1.27 bits per heavy atom. The number of ether oxygens (including phenoxy) is 1. The SMILES string of the molecule is CCOc1cc(Cl)ccc1C(=O)NCC(CC)(CC)C(=O)O. The molecule has 0 aliphatic rings. The smallest absolute Gasteiger partial charge is 0.311 e. The Hall–Kier alpha value is -1.75. The summed E-state index contributed by atoms with van der Waals surface area (Å²) in [5.74, 6) is -0.881. The van der Waals surface area contributed by atoms with E-state index in [-0.39, 0.29) is 12.5 Å². The number of aliphatic carboxylic acids is 1. The first-order valence-corrected chi connectivity index (χ1v) is 7.72. The molecule has 1 aromatic rings. The number of carboxylic acid groups (broad SMARTS) is 1. The summed E-state index contributed by atoms with van der Waals surface area (Å²) in [6.45, 7) is 5.90. The van der Waals surface area contributed by atoms with Crippen molar-refractivity contribution in [3.8, 4) is 5.75 Å². The summed E-state index contributed by atoms with van der Waals surface area (Å²) in [6.07, 6.45) is 0.885. The first kappa shape index (κ1) is 18.3. The van der Waals surface area contributed by atoms with Crippen LogP contribution in [0.15, 0.2) is 18.2 Å². The lowest BCUT2D eigenvalue weighted by Gasteiger charge is -2.27. The maximum Gasteiger partial charge on any atom is 0.311 e. The minimum atomic E-state index is -0.951. The second-order valence-electron chi connectivity index (χ2n) is 5.05. The van der Waals surface area contributed by atoms with Gasteiger partial charge in [-0.05, 0) is 38.0 Å². The number of carboxylic acids is 1. The molecule has 0 aliphatic heterocycles. The Labute approximate surface area is 135 Å². The third-order valence-electron chi connectivity index (χ3n) is 3.88. The molecule has 0 bridgehead atoms. The molecule has 1 amide bonds. The highest BCUT2D eigenvalue weighted by molar-refractivity contribution is 6.30. The lowest BCUT2D eigenvalue weighted by molar-refractivity contribution is -0.149. The van der Waals surface area contributed by atoms with Crippen molar-refractivity contribution < 1.29 is 19.4 Å². The predicted molar refractivity (Wildman–Crippen MR) is 85.6 cm³/mol. The Balaban J connectivity index is 2.92. The van der Waals surface area contributed by atoms with Crippen LogP contribution in [0.5, 0.6) is 5.75 Å². The summed E-state index contributed by atoms with van der Waals surface area (Å²) < 4.78 is 5.41. The van der Waals surface area contributed by atoms with E-state index in [4.69, 9.17) is 16.3 Å². The topological polar surface area (TPSA) is 75.6 Å². The fraction of sp³-hybridized carbons (Fsp3) is 0.500. The summed E-state index contributed by atoms with van der Waals surface area (Å²) >= 11 is 5.90. The molecule has 1 rings (SSSR count). The van der Waals surface area contributed by atoms with Crippen LogP contribution in [0.4, 0.5) is 0 Å². The Morgan fingerprint density at radius 3 is 2.41 bits per heavy atom. The van der Waals surface area contributed by atoms with Crippen LogP contribution in [0.1, 0.15) is 44.0 Å². The molecule has 0 fully saturated rings. The van der Waals surface area contributed by atoms with Crippen molar-refractivity contribution in [2.45, 2.75) is 33.6 Å². The van der Waals surface area contributed by atoms with E-state index in [1.165, 1.54) is 0 Å². The predicted octanol–water partition coefficient (Wildman–Crippen LogP) is 3.36. The van der Waals surface area contributed by atoms with Crippen molar-refractivity contribution in [1.82, 2.24) is 5.32 Å². The van der Waals surface area contributed by atoms with Gasteiger partial charge in [0.1, 0.15) is 5.75 Å². The number of rotatable bonds is 8. The molecule has 0 spiro atoms. The monoisotopic (exact) mass is 327 g/mol. The van der Waals surface area contributed by atoms with Gasteiger partial charge in [-0.15, -0.1) is 0 Å². The Morgan fingerprint density at radius 2 is 1.91 bits per heavy atom. The van der Waals surface area contributed by atoms with Crippen LogP contribution < -0.4 is 10.1 Å². The fourth-order valence-electron chi connectivity index (χ4n) is 2.18. The highest BCUT2D eigenvalue weighted by Crippen LogP contribution is 2.27. The zero-order chi connectivity index (χ0) is 16.8. The number of hydrogen-bond acceptors (Lipinski definition) is 3. The van der Waals surface area contributed by atoms with Crippen LogP contribution in [-0.4, -0.2) is 30.1 Å². The van der Waals surface area contributed by atoms with Gasteiger partial charge in [-0.1, -0.05) is 25.4 Å². The number of carbonyl (C=O) groups excluding carboxylic acids is 1. The molecular weight excluding hydrogens is 306 g/mol. The molecule has 2 N–H and O–H groups in total. The second kappa shape index (κ2) is 8.03. The summed E-state index contributed by atoms with van der Waals surface area (Å²) in [5.41, 5.74) is -0.605. The first-order valence-electron chi connectivity index (χ1n) is 7.34. The van der Waals surface area contributed by atoms with Gasteiger partial charge in [-0.2, -0.15) is 0 Å². The third-order valence-corrected chi connectivity index (χ3v) is 4.12. The quantitative estimate of drug-likeness (QED) is 0.767. The maximum atomic E-state index is 12.3. The number of nitrogens with one attached hydrogen (secondary N) is 1. The van der Waals surface area contributed by atoms with E-state index in [2.05, 4.69) is 5.32 Å². The minimum Gasteiger partial charge on any atom is -0.493 e. The van der Waals surface area contributed by atoms with E-state index in [0.717, 1.165) is 0 Å². The molecule has 1 aromatic carbocycles.